The predicted octanol–water partition coefficient (Wildman–Crippen LogP) is 1.63. The first-order chi connectivity index (χ1) is 9.98. The summed E-state index contributed by atoms with van der Waals surface area (Å²) >= 11 is 0. The first-order valence-corrected chi connectivity index (χ1v) is 7.77. The number of hydrogen-bond acceptors (Lipinski definition) is 3. The van der Waals surface area contributed by atoms with Gasteiger partial charge in [-0.1, -0.05) is 24.3 Å². The summed E-state index contributed by atoms with van der Waals surface area (Å²) in [5.41, 5.74) is 1.84. The van der Waals surface area contributed by atoms with Crippen LogP contribution in [0.25, 0.3) is 0 Å². The van der Waals surface area contributed by atoms with Gasteiger partial charge in [-0.15, -0.1) is 0 Å². The molecule has 21 heavy (non-hydrogen) atoms. The molecule has 1 aromatic rings. The van der Waals surface area contributed by atoms with Crippen LogP contribution in [0.1, 0.15) is 36.9 Å². The first-order valence-electron chi connectivity index (χ1n) is 7.77. The van der Waals surface area contributed by atoms with E-state index in [1.165, 1.54) is 5.56 Å². The molecule has 1 saturated carbocycles. The van der Waals surface area contributed by atoms with Crippen molar-refractivity contribution in [3.8, 4) is 0 Å². The third-order valence-corrected chi connectivity index (χ3v) is 4.73. The molecular weight excluding hydrogens is 264 g/mol. The van der Waals surface area contributed by atoms with Crippen LogP contribution in [0.5, 0.6) is 0 Å². The van der Waals surface area contributed by atoms with E-state index in [0.29, 0.717) is 25.6 Å². The van der Waals surface area contributed by atoms with Crippen LogP contribution in [0.4, 0.5) is 0 Å². The Morgan fingerprint density at radius 2 is 2.10 bits per heavy atom. The number of rotatable bonds is 5. The van der Waals surface area contributed by atoms with Gasteiger partial charge in [-0.3, -0.25) is 9.69 Å². The Hall–Kier alpha value is -1.39. The Kier molecular flexibility index (Phi) is 3.76. The van der Waals surface area contributed by atoms with Gasteiger partial charge in [0.2, 0.25) is 5.91 Å². The molecule has 0 bridgehead atoms. The molecule has 2 aliphatic rings. The maximum absolute atomic E-state index is 12.1. The lowest BCUT2D eigenvalue weighted by molar-refractivity contribution is -0.137. The topological polar surface area (TPSA) is 52.6 Å². The molecule has 1 unspecified atom stereocenters. The minimum absolute atomic E-state index is 0.0160. The van der Waals surface area contributed by atoms with Gasteiger partial charge in [0, 0.05) is 13.1 Å². The molecule has 1 amide bonds. The van der Waals surface area contributed by atoms with Crippen LogP contribution in [0, 0.1) is 12.8 Å². The van der Waals surface area contributed by atoms with E-state index in [1.54, 1.807) is 0 Å². The Bertz CT molecular complexity index is 533. The van der Waals surface area contributed by atoms with Crippen LogP contribution in [0.15, 0.2) is 24.3 Å². The second-order valence-electron chi connectivity index (χ2n) is 6.67. The fourth-order valence-corrected chi connectivity index (χ4v) is 3.36. The van der Waals surface area contributed by atoms with Gasteiger partial charge in [-0.2, -0.15) is 0 Å². The third-order valence-electron chi connectivity index (χ3n) is 4.73. The van der Waals surface area contributed by atoms with E-state index in [1.807, 2.05) is 24.0 Å². The second-order valence-corrected chi connectivity index (χ2v) is 6.67. The minimum atomic E-state index is -0.512. The van der Waals surface area contributed by atoms with Gasteiger partial charge < -0.3 is 10.4 Å². The van der Waals surface area contributed by atoms with Crippen molar-refractivity contribution in [1.82, 2.24) is 10.2 Å². The Morgan fingerprint density at radius 1 is 1.43 bits per heavy atom. The number of amides is 1. The molecule has 1 aliphatic carbocycles. The summed E-state index contributed by atoms with van der Waals surface area (Å²) in [6.07, 6.45) is 2.28. The molecule has 0 spiro atoms. The van der Waals surface area contributed by atoms with Gasteiger partial charge in [0.15, 0.2) is 0 Å². The van der Waals surface area contributed by atoms with Gasteiger partial charge in [-0.25, -0.2) is 0 Å². The number of likely N-dealkylation sites (tertiary alicyclic amines) is 1. The highest BCUT2D eigenvalue weighted by atomic mass is 16.3. The zero-order valence-corrected chi connectivity index (χ0v) is 12.8. The van der Waals surface area contributed by atoms with E-state index in [2.05, 4.69) is 24.4 Å². The lowest BCUT2D eigenvalue weighted by Gasteiger charge is -2.46. The molecule has 1 aliphatic heterocycles. The van der Waals surface area contributed by atoms with Crippen molar-refractivity contribution in [2.24, 2.45) is 5.92 Å². The number of aliphatic hydroxyl groups is 1. The lowest BCUT2D eigenvalue weighted by atomic mass is 9.89. The maximum atomic E-state index is 12.1. The zero-order valence-electron chi connectivity index (χ0n) is 12.8. The van der Waals surface area contributed by atoms with E-state index in [-0.39, 0.29) is 11.9 Å². The number of benzene rings is 1. The monoisotopic (exact) mass is 288 g/mol. The number of carbonyl (C=O) groups excluding carboxylic acids is 1. The molecule has 0 radical (unpaired) electrons. The Labute approximate surface area is 126 Å². The van der Waals surface area contributed by atoms with Crippen LogP contribution in [0.2, 0.25) is 0 Å². The smallest absolute Gasteiger partial charge is 0.234 e. The maximum Gasteiger partial charge on any atom is 0.234 e. The number of aryl methyl sites for hydroxylation is 1. The summed E-state index contributed by atoms with van der Waals surface area (Å²) in [4.78, 5) is 14.1. The highest BCUT2D eigenvalue weighted by Crippen LogP contribution is 2.44. The van der Waals surface area contributed by atoms with Gasteiger partial charge in [0.05, 0.1) is 18.2 Å². The SMILES string of the molecule is Cc1ccccc1C(C)NC(=O)CN1CC(O)(C2CC2)C1. The Morgan fingerprint density at radius 3 is 2.71 bits per heavy atom. The molecule has 4 nitrogen and oxygen atoms in total. The average Bonchev–Trinajstić information content (AvgIpc) is 3.21. The molecule has 1 atom stereocenters. The van der Waals surface area contributed by atoms with Crippen molar-refractivity contribution < 1.29 is 9.90 Å². The quantitative estimate of drug-likeness (QED) is 0.866. The van der Waals surface area contributed by atoms with Crippen molar-refractivity contribution >= 4 is 5.91 Å². The summed E-state index contributed by atoms with van der Waals surface area (Å²) in [5.74, 6) is 0.506. The van der Waals surface area contributed by atoms with Gasteiger partial charge in [0.1, 0.15) is 0 Å². The summed E-state index contributed by atoms with van der Waals surface area (Å²) in [6.45, 7) is 5.74. The number of carbonyl (C=O) groups is 1. The average molecular weight is 288 g/mol. The van der Waals surface area contributed by atoms with Gasteiger partial charge >= 0.3 is 0 Å². The summed E-state index contributed by atoms with van der Waals surface area (Å²) < 4.78 is 0. The van der Waals surface area contributed by atoms with Crippen molar-refractivity contribution in [2.75, 3.05) is 19.6 Å². The molecule has 3 rings (SSSR count). The minimum Gasteiger partial charge on any atom is -0.387 e. The third kappa shape index (κ3) is 3.11. The Balaban J connectivity index is 1.48. The normalized spacial score (nSPS) is 22.4. The molecule has 2 fully saturated rings. The molecule has 2 N–H and O–H groups in total. The zero-order chi connectivity index (χ0) is 15.0. The van der Waals surface area contributed by atoms with E-state index in [9.17, 15) is 9.90 Å². The van der Waals surface area contributed by atoms with E-state index >= 15 is 0 Å². The van der Waals surface area contributed by atoms with Crippen LogP contribution in [-0.4, -0.2) is 41.1 Å². The largest absolute Gasteiger partial charge is 0.387 e. The van der Waals surface area contributed by atoms with Crippen molar-refractivity contribution in [3.05, 3.63) is 35.4 Å². The molecular formula is C17H24N2O2. The lowest BCUT2D eigenvalue weighted by Crippen LogP contribution is -2.64. The summed E-state index contributed by atoms with van der Waals surface area (Å²) in [7, 11) is 0. The molecule has 0 aromatic heterocycles. The molecule has 1 saturated heterocycles. The van der Waals surface area contributed by atoms with Crippen molar-refractivity contribution in [2.45, 2.75) is 38.3 Å². The van der Waals surface area contributed by atoms with Crippen LogP contribution < -0.4 is 5.32 Å². The number of nitrogens with one attached hydrogen (secondary N) is 1. The van der Waals surface area contributed by atoms with Crippen LogP contribution >= 0.6 is 0 Å². The van der Waals surface area contributed by atoms with E-state index in [0.717, 1.165) is 18.4 Å². The van der Waals surface area contributed by atoms with E-state index in [4.69, 9.17) is 0 Å². The first kappa shape index (κ1) is 14.5. The number of hydrogen-bond donors (Lipinski definition) is 2. The fraction of sp³-hybridized carbons (Fsp3) is 0.588. The predicted molar refractivity (Wildman–Crippen MR) is 81.9 cm³/mol. The van der Waals surface area contributed by atoms with E-state index < -0.39 is 5.60 Å². The van der Waals surface area contributed by atoms with Crippen LogP contribution in [0.3, 0.4) is 0 Å². The highest BCUT2D eigenvalue weighted by Gasteiger charge is 2.51. The number of nitrogens with zero attached hydrogens (tertiary/aromatic N) is 1. The van der Waals surface area contributed by atoms with Crippen molar-refractivity contribution in [3.63, 3.8) is 0 Å². The fourth-order valence-electron chi connectivity index (χ4n) is 3.36. The van der Waals surface area contributed by atoms with Gasteiger partial charge in [0.25, 0.3) is 0 Å². The number of β-amino-alcohol motifs (C(OH)–C–C–N with tert-alkyl or cyclic N) is 1. The summed E-state index contributed by atoms with van der Waals surface area (Å²) in [5, 5.41) is 13.3. The molecule has 4 heteroatoms. The standard InChI is InChI=1S/C17H24N2O2/c1-12-5-3-4-6-15(12)13(2)18-16(20)9-19-10-17(21,11-19)14-7-8-14/h3-6,13-14,21H,7-11H2,1-2H3,(H,18,20). The molecule has 114 valence electrons. The van der Waals surface area contributed by atoms with Gasteiger partial charge in [-0.05, 0) is 43.7 Å². The molecule has 1 heterocycles. The molecule has 1 aromatic carbocycles. The van der Waals surface area contributed by atoms with Crippen LogP contribution in [-0.2, 0) is 4.79 Å². The second kappa shape index (κ2) is 5.43. The highest BCUT2D eigenvalue weighted by molar-refractivity contribution is 5.78. The van der Waals surface area contributed by atoms with Crippen molar-refractivity contribution in [1.29, 1.82) is 0 Å². The summed E-state index contributed by atoms with van der Waals surface area (Å²) in [6, 6.07) is 8.13.